The molecule has 2 aliphatic rings. The van der Waals surface area contributed by atoms with Gasteiger partial charge in [0.25, 0.3) is 16.1 Å². The van der Waals surface area contributed by atoms with Crippen molar-refractivity contribution in [3.8, 4) is 0 Å². The van der Waals surface area contributed by atoms with Gasteiger partial charge in [0.05, 0.1) is 18.8 Å². The van der Waals surface area contributed by atoms with E-state index in [1.807, 2.05) is 19.9 Å². The lowest BCUT2D eigenvalue weighted by molar-refractivity contribution is -0.131. The summed E-state index contributed by atoms with van der Waals surface area (Å²) in [5.41, 5.74) is 0.491. The summed E-state index contributed by atoms with van der Waals surface area (Å²) in [6.45, 7) is 5.34. The molecule has 29 heavy (non-hydrogen) atoms. The summed E-state index contributed by atoms with van der Waals surface area (Å²) < 4.78 is 34.3. The third-order valence-electron chi connectivity index (χ3n) is 5.07. The number of morpholine rings is 1. The predicted molar refractivity (Wildman–Crippen MR) is 107 cm³/mol. The smallest absolute Gasteiger partial charge is 0.282 e. The van der Waals surface area contributed by atoms with Gasteiger partial charge in [-0.05, 0) is 26.0 Å². The van der Waals surface area contributed by atoms with Crippen molar-refractivity contribution in [2.24, 2.45) is 0 Å². The number of amides is 2. The van der Waals surface area contributed by atoms with Crippen LogP contribution in [0, 0.1) is 0 Å². The lowest BCUT2D eigenvalue weighted by Crippen LogP contribution is -2.58. The van der Waals surface area contributed by atoms with E-state index >= 15 is 0 Å². The first-order valence-electron chi connectivity index (χ1n) is 9.79. The van der Waals surface area contributed by atoms with Crippen molar-refractivity contribution in [2.75, 3.05) is 45.8 Å². The van der Waals surface area contributed by atoms with Crippen molar-refractivity contribution < 1.29 is 22.7 Å². The lowest BCUT2D eigenvalue weighted by Gasteiger charge is -2.40. The first kappa shape index (κ1) is 21.7. The van der Waals surface area contributed by atoms with Crippen LogP contribution in [0.4, 0.5) is 0 Å². The van der Waals surface area contributed by atoms with E-state index in [4.69, 9.17) is 4.74 Å². The van der Waals surface area contributed by atoms with Gasteiger partial charge in [-0.25, -0.2) is 0 Å². The van der Waals surface area contributed by atoms with E-state index in [2.05, 4.69) is 5.32 Å². The number of ether oxygens (including phenoxy) is 1. The summed E-state index contributed by atoms with van der Waals surface area (Å²) in [4.78, 5) is 26.0. The maximum Gasteiger partial charge on any atom is 0.282 e. The van der Waals surface area contributed by atoms with Gasteiger partial charge in [-0.3, -0.25) is 9.59 Å². The topological polar surface area (TPSA) is 99.3 Å². The molecular weight excluding hydrogens is 396 g/mol. The zero-order valence-corrected chi connectivity index (χ0v) is 17.6. The average Bonchev–Trinajstić information content (AvgIpc) is 2.71. The Bertz CT molecular complexity index is 814. The zero-order valence-electron chi connectivity index (χ0n) is 16.8. The standard InChI is InChI=1S/C19H28N4O5S/c1-15-13-23(14-16(2)28-15)29(26,27)22-10-8-21(9-11-22)18(24)12-20-19(25)17-6-4-3-5-7-17/h3-7,15-16H,8-14H2,1-2H3,(H,20,25). The van der Waals surface area contributed by atoms with Crippen LogP contribution in [0.25, 0.3) is 0 Å². The number of hydrogen-bond acceptors (Lipinski definition) is 5. The number of nitrogens with one attached hydrogen (secondary N) is 1. The van der Waals surface area contributed by atoms with Crippen LogP contribution in [-0.2, 0) is 19.7 Å². The van der Waals surface area contributed by atoms with Crippen molar-refractivity contribution in [3.63, 3.8) is 0 Å². The average molecular weight is 425 g/mol. The Kier molecular flexibility index (Phi) is 6.89. The predicted octanol–water partition coefficient (Wildman–Crippen LogP) is -0.0854. The number of carbonyl (C=O) groups excluding carboxylic acids is 2. The highest BCUT2D eigenvalue weighted by atomic mass is 32.2. The fraction of sp³-hybridized carbons (Fsp3) is 0.579. The molecule has 2 amide bonds. The van der Waals surface area contributed by atoms with Crippen LogP contribution in [0.15, 0.2) is 30.3 Å². The maximum absolute atomic E-state index is 12.9. The third-order valence-corrected chi connectivity index (χ3v) is 7.03. The number of carbonyl (C=O) groups is 2. The SMILES string of the molecule is CC1CN(S(=O)(=O)N2CCN(C(=O)CNC(=O)c3ccccc3)CC2)CC(C)O1. The van der Waals surface area contributed by atoms with E-state index in [1.165, 1.54) is 8.61 Å². The number of piperazine rings is 1. The van der Waals surface area contributed by atoms with Crippen LogP contribution >= 0.6 is 0 Å². The Balaban J connectivity index is 1.49. The second-order valence-electron chi connectivity index (χ2n) is 7.41. The minimum Gasteiger partial charge on any atom is -0.373 e. The van der Waals surface area contributed by atoms with Crippen LogP contribution in [0.3, 0.4) is 0 Å². The lowest BCUT2D eigenvalue weighted by atomic mass is 10.2. The molecule has 0 saturated carbocycles. The second-order valence-corrected chi connectivity index (χ2v) is 9.34. The molecule has 2 atom stereocenters. The zero-order chi connectivity index (χ0) is 21.0. The molecule has 0 aromatic heterocycles. The molecular formula is C19H28N4O5S. The molecule has 2 saturated heterocycles. The van der Waals surface area contributed by atoms with Gasteiger partial charge in [-0.15, -0.1) is 0 Å². The molecule has 1 aromatic carbocycles. The van der Waals surface area contributed by atoms with E-state index in [0.717, 1.165) is 0 Å². The molecule has 3 rings (SSSR count). The molecule has 160 valence electrons. The van der Waals surface area contributed by atoms with Crippen molar-refractivity contribution >= 4 is 22.0 Å². The molecule has 2 fully saturated rings. The second kappa shape index (κ2) is 9.21. The van der Waals surface area contributed by atoms with Gasteiger partial charge in [-0.2, -0.15) is 17.0 Å². The summed E-state index contributed by atoms with van der Waals surface area (Å²) in [5, 5.41) is 2.61. The minimum atomic E-state index is -3.58. The quantitative estimate of drug-likeness (QED) is 0.713. The summed E-state index contributed by atoms with van der Waals surface area (Å²) in [7, 11) is -3.58. The van der Waals surface area contributed by atoms with Crippen LogP contribution in [0.1, 0.15) is 24.2 Å². The fourth-order valence-corrected chi connectivity index (χ4v) is 5.36. The number of benzene rings is 1. The largest absolute Gasteiger partial charge is 0.373 e. The summed E-state index contributed by atoms with van der Waals surface area (Å²) >= 11 is 0. The minimum absolute atomic E-state index is 0.112. The number of nitrogens with zero attached hydrogens (tertiary/aromatic N) is 3. The molecule has 0 spiro atoms. The number of rotatable bonds is 5. The molecule has 10 heteroatoms. The highest BCUT2D eigenvalue weighted by Gasteiger charge is 2.37. The maximum atomic E-state index is 12.9. The molecule has 9 nitrogen and oxygen atoms in total. The highest BCUT2D eigenvalue weighted by molar-refractivity contribution is 7.86. The van der Waals surface area contributed by atoms with E-state index < -0.39 is 10.2 Å². The highest BCUT2D eigenvalue weighted by Crippen LogP contribution is 2.18. The van der Waals surface area contributed by atoms with E-state index in [1.54, 1.807) is 29.2 Å². The number of hydrogen-bond donors (Lipinski definition) is 1. The first-order chi connectivity index (χ1) is 13.8. The van der Waals surface area contributed by atoms with Crippen LogP contribution < -0.4 is 5.32 Å². The van der Waals surface area contributed by atoms with Crippen LogP contribution in [-0.4, -0.2) is 91.8 Å². The van der Waals surface area contributed by atoms with Gasteiger partial charge in [-0.1, -0.05) is 18.2 Å². The monoisotopic (exact) mass is 424 g/mol. The van der Waals surface area contributed by atoms with E-state index in [-0.39, 0.29) is 43.7 Å². The summed E-state index contributed by atoms with van der Waals surface area (Å²) in [5.74, 6) is -0.532. The molecule has 1 aromatic rings. The van der Waals surface area contributed by atoms with Crippen LogP contribution in [0.2, 0.25) is 0 Å². The molecule has 2 unspecified atom stereocenters. The van der Waals surface area contributed by atoms with Crippen molar-refractivity contribution in [1.29, 1.82) is 0 Å². The third kappa shape index (κ3) is 5.33. The molecule has 0 aliphatic carbocycles. The summed E-state index contributed by atoms with van der Waals surface area (Å²) in [6, 6.07) is 8.68. The Morgan fingerprint density at radius 3 is 2.17 bits per heavy atom. The van der Waals surface area contributed by atoms with Crippen molar-refractivity contribution in [2.45, 2.75) is 26.1 Å². The van der Waals surface area contributed by atoms with Crippen molar-refractivity contribution in [3.05, 3.63) is 35.9 Å². The van der Waals surface area contributed by atoms with Gasteiger partial charge in [0.2, 0.25) is 5.91 Å². The Morgan fingerprint density at radius 2 is 1.59 bits per heavy atom. The normalized spacial score (nSPS) is 24.3. The first-order valence-corrected chi connectivity index (χ1v) is 11.2. The van der Waals surface area contributed by atoms with Gasteiger partial charge in [0, 0.05) is 44.8 Å². The Hall–Kier alpha value is -2.01. The summed E-state index contributed by atoms with van der Waals surface area (Å²) in [6.07, 6.45) is -0.297. The molecule has 1 N–H and O–H groups in total. The van der Waals surface area contributed by atoms with Crippen LogP contribution in [0.5, 0.6) is 0 Å². The Morgan fingerprint density at radius 1 is 1.00 bits per heavy atom. The van der Waals surface area contributed by atoms with Gasteiger partial charge < -0.3 is 15.0 Å². The molecule has 0 radical (unpaired) electrons. The van der Waals surface area contributed by atoms with Gasteiger partial charge in [0.1, 0.15) is 0 Å². The van der Waals surface area contributed by atoms with Crippen molar-refractivity contribution in [1.82, 2.24) is 18.8 Å². The molecule has 2 aliphatic heterocycles. The Labute approximate surface area is 171 Å². The van der Waals surface area contributed by atoms with Gasteiger partial charge >= 0.3 is 0 Å². The molecule has 2 heterocycles. The van der Waals surface area contributed by atoms with Gasteiger partial charge in [0.15, 0.2) is 0 Å². The van der Waals surface area contributed by atoms with E-state index in [9.17, 15) is 18.0 Å². The molecule has 0 bridgehead atoms. The van der Waals surface area contributed by atoms with E-state index in [0.29, 0.717) is 31.7 Å². The fourth-order valence-electron chi connectivity index (χ4n) is 3.61.